The lowest BCUT2D eigenvalue weighted by Crippen LogP contribution is -2.13. The third kappa shape index (κ3) is 3.65. The van der Waals surface area contributed by atoms with Crippen molar-refractivity contribution in [3.63, 3.8) is 0 Å². The minimum absolute atomic E-state index is 0.0545. The van der Waals surface area contributed by atoms with Crippen LogP contribution in [-0.2, 0) is 6.54 Å². The molecule has 0 saturated carbocycles. The number of aromatic nitrogens is 3. The molecule has 144 valence electrons. The predicted molar refractivity (Wildman–Crippen MR) is 96.6 cm³/mol. The summed E-state index contributed by atoms with van der Waals surface area (Å²) in [6.45, 7) is 1.89. The number of hydrogen-bond acceptors (Lipinski definition) is 6. The zero-order chi connectivity index (χ0) is 19.7. The molecule has 1 aliphatic rings. The molecular formula is C19H17FN4O4. The third-order valence-corrected chi connectivity index (χ3v) is 4.34. The van der Waals surface area contributed by atoms with Gasteiger partial charge in [-0.25, -0.2) is 9.07 Å². The van der Waals surface area contributed by atoms with Crippen molar-refractivity contribution in [2.75, 3.05) is 12.1 Å². The molecule has 1 amide bonds. The average molecular weight is 384 g/mol. The highest BCUT2D eigenvalue weighted by Gasteiger charge is 2.18. The number of fused-ring (bicyclic) bond motifs is 1. The molecule has 3 aromatic rings. The quantitative estimate of drug-likeness (QED) is 0.701. The first-order valence-electron chi connectivity index (χ1n) is 8.55. The molecule has 0 radical (unpaired) electrons. The Morgan fingerprint density at radius 2 is 2.11 bits per heavy atom. The zero-order valence-corrected chi connectivity index (χ0v) is 14.9. The fraction of sp³-hybridized carbons (Fsp3) is 0.211. The summed E-state index contributed by atoms with van der Waals surface area (Å²) in [5.41, 5.74) is 1.49. The van der Waals surface area contributed by atoms with E-state index in [0.29, 0.717) is 28.3 Å². The lowest BCUT2D eigenvalue weighted by molar-refractivity contribution is 0.102. The van der Waals surface area contributed by atoms with Crippen LogP contribution in [0.2, 0.25) is 0 Å². The number of carbonyl (C=O) groups excluding carboxylic acids is 1. The number of benzene rings is 2. The van der Waals surface area contributed by atoms with Gasteiger partial charge in [0.1, 0.15) is 5.82 Å². The first-order valence-corrected chi connectivity index (χ1v) is 8.55. The standard InChI is InChI=1S/C19H17FN4O4/c1-11-2-4-13(7-14(11)20)21-19(26)15-8-24(23-22-15)9-16(25)12-3-5-17-18(6-12)28-10-27-17/h2-8,16,25H,9-10H2,1H3,(H,21,26)/t16-/m0/s1. The van der Waals surface area contributed by atoms with Crippen molar-refractivity contribution in [2.45, 2.75) is 19.6 Å². The van der Waals surface area contributed by atoms with Crippen LogP contribution in [-0.4, -0.2) is 32.8 Å². The summed E-state index contributed by atoms with van der Waals surface area (Å²) >= 11 is 0. The van der Waals surface area contributed by atoms with Crippen molar-refractivity contribution in [2.24, 2.45) is 0 Å². The summed E-state index contributed by atoms with van der Waals surface area (Å²) in [7, 11) is 0. The van der Waals surface area contributed by atoms with Crippen molar-refractivity contribution in [3.8, 4) is 11.5 Å². The Morgan fingerprint density at radius 3 is 2.93 bits per heavy atom. The minimum atomic E-state index is -0.877. The SMILES string of the molecule is Cc1ccc(NC(=O)c2cn(C[C@H](O)c3ccc4c(c3)OCO4)nn2)cc1F. The number of aryl methyl sites for hydroxylation is 1. The number of ether oxygens (including phenoxy) is 2. The molecule has 1 aromatic heterocycles. The fourth-order valence-corrected chi connectivity index (χ4v) is 2.76. The Hall–Kier alpha value is -3.46. The van der Waals surface area contributed by atoms with Gasteiger partial charge < -0.3 is 19.9 Å². The van der Waals surface area contributed by atoms with Crippen LogP contribution in [0.4, 0.5) is 10.1 Å². The number of nitrogens with one attached hydrogen (secondary N) is 1. The molecule has 2 aromatic carbocycles. The maximum Gasteiger partial charge on any atom is 0.277 e. The van der Waals surface area contributed by atoms with E-state index < -0.39 is 17.8 Å². The molecule has 0 aliphatic carbocycles. The van der Waals surface area contributed by atoms with Crippen LogP contribution in [0.25, 0.3) is 0 Å². The second kappa shape index (κ2) is 7.28. The highest BCUT2D eigenvalue weighted by molar-refractivity contribution is 6.02. The largest absolute Gasteiger partial charge is 0.454 e. The number of rotatable bonds is 5. The molecule has 1 aliphatic heterocycles. The molecule has 4 rings (SSSR count). The third-order valence-electron chi connectivity index (χ3n) is 4.34. The van der Waals surface area contributed by atoms with E-state index in [1.165, 1.54) is 16.9 Å². The van der Waals surface area contributed by atoms with Gasteiger partial charge in [0, 0.05) is 5.69 Å². The summed E-state index contributed by atoms with van der Waals surface area (Å²) in [6.07, 6.45) is 0.536. The number of amides is 1. The van der Waals surface area contributed by atoms with E-state index >= 15 is 0 Å². The smallest absolute Gasteiger partial charge is 0.277 e. The highest BCUT2D eigenvalue weighted by Crippen LogP contribution is 2.34. The summed E-state index contributed by atoms with van der Waals surface area (Å²) in [5, 5.41) is 20.7. The average Bonchev–Trinajstić information content (AvgIpc) is 3.33. The Labute approximate surface area is 159 Å². The van der Waals surface area contributed by atoms with Crippen molar-refractivity contribution >= 4 is 11.6 Å². The van der Waals surface area contributed by atoms with Gasteiger partial charge in [0.25, 0.3) is 5.91 Å². The van der Waals surface area contributed by atoms with Gasteiger partial charge in [-0.3, -0.25) is 4.79 Å². The number of hydrogen-bond donors (Lipinski definition) is 2. The van der Waals surface area contributed by atoms with Crippen molar-refractivity contribution < 1.29 is 23.8 Å². The second-order valence-corrected chi connectivity index (χ2v) is 6.37. The van der Waals surface area contributed by atoms with E-state index in [4.69, 9.17) is 9.47 Å². The van der Waals surface area contributed by atoms with E-state index in [9.17, 15) is 14.3 Å². The monoisotopic (exact) mass is 384 g/mol. The van der Waals surface area contributed by atoms with Gasteiger partial charge in [0.2, 0.25) is 6.79 Å². The van der Waals surface area contributed by atoms with Crippen molar-refractivity contribution in [3.05, 3.63) is 65.2 Å². The predicted octanol–water partition coefficient (Wildman–Crippen LogP) is 2.44. The molecule has 0 saturated heterocycles. The van der Waals surface area contributed by atoms with Crippen molar-refractivity contribution in [1.82, 2.24) is 15.0 Å². The van der Waals surface area contributed by atoms with Gasteiger partial charge in [-0.2, -0.15) is 0 Å². The summed E-state index contributed by atoms with van der Waals surface area (Å²) in [4.78, 5) is 12.3. The summed E-state index contributed by atoms with van der Waals surface area (Å²) in [5.74, 6) is 0.268. The lowest BCUT2D eigenvalue weighted by Gasteiger charge is -2.11. The number of carbonyl (C=O) groups is 1. The molecule has 28 heavy (non-hydrogen) atoms. The molecule has 0 fully saturated rings. The van der Waals surface area contributed by atoms with Crippen molar-refractivity contribution in [1.29, 1.82) is 0 Å². The van der Waals surface area contributed by atoms with Crippen LogP contribution in [0.15, 0.2) is 42.6 Å². The van der Waals surface area contributed by atoms with E-state index in [2.05, 4.69) is 15.6 Å². The van der Waals surface area contributed by atoms with Gasteiger partial charge in [-0.05, 0) is 42.3 Å². The molecular weight excluding hydrogens is 367 g/mol. The van der Waals surface area contributed by atoms with Gasteiger partial charge in [0.15, 0.2) is 17.2 Å². The first-order chi connectivity index (χ1) is 13.5. The van der Waals surface area contributed by atoms with E-state index in [1.54, 1.807) is 37.3 Å². The van der Waals surface area contributed by atoms with Crippen LogP contribution in [0.5, 0.6) is 11.5 Å². The van der Waals surface area contributed by atoms with E-state index in [1.807, 2.05) is 0 Å². The van der Waals surface area contributed by atoms with Gasteiger partial charge >= 0.3 is 0 Å². The molecule has 0 bridgehead atoms. The maximum atomic E-state index is 13.6. The molecule has 2 N–H and O–H groups in total. The lowest BCUT2D eigenvalue weighted by atomic mass is 10.1. The normalized spacial score (nSPS) is 13.4. The number of anilines is 1. The Kier molecular flexibility index (Phi) is 4.66. The number of nitrogens with zero attached hydrogens (tertiary/aromatic N) is 3. The molecule has 1 atom stereocenters. The van der Waals surface area contributed by atoms with E-state index in [-0.39, 0.29) is 19.0 Å². The van der Waals surface area contributed by atoms with Crippen LogP contribution in [0, 0.1) is 12.7 Å². The van der Waals surface area contributed by atoms with Crippen LogP contribution < -0.4 is 14.8 Å². The minimum Gasteiger partial charge on any atom is -0.454 e. The summed E-state index contributed by atoms with van der Waals surface area (Å²) in [6, 6.07) is 9.56. The van der Waals surface area contributed by atoms with E-state index in [0.717, 1.165) is 0 Å². The number of aliphatic hydroxyl groups is 1. The fourth-order valence-electron chi connectivity index (χ4n) is 2.76. The van der Waals surface area contributed by atoms with Gasteiger partial charge in [-0.1, -0.05) is 17.3 Å². The molecule has 9 heteroatoms. The van der Waals surface area contributed by atoms with Crippen LogP contribution in [0.3, 0.4) is 0 Å². The van der Waals surface area contributed by atoms with Gasteiger partial charge in [-0.15, -0.1) is 5.10 Å². The number of halogens is 1. The van der Waals surface area contributed by atoms with Gasteiger partial charge in [0.05, 0.1) is 18.8 Å². The topological polar surface area (TPSA) is 98.5 Å². The number of aliphatic hydroxyl groups excluding tert-OH is 1. The Morgan fingerprint density at radius 1 is 1.29 bits per heavy atom. The molecule has 8 nitrogen and oxygen atoms in total. The van der Waals surface area contributed by atoms with Crippen LogP contribution in [0.1, 0.15) is 27.7 Å². The Bertz CT molecular complexity index is 1040. The molecule has 2 heterocycles. The van der Waals surface area contributed by atoms with Crippen LogP contribution >= 0.6 is 0 Å². The highest BCUT2D eigenvalue weighted by atomic mass is 19.1. The first kappa shape index (κ1) is 17.9. The zero-order valence-electron chi connectivity index (χ0n) is 14.9. The Balaban J connectivity index is 1.42. The summed E-state index contributed by atoms with van der Waals surface area (Å²) < 4.78 is 25.5. The maximum absolute atomic E-state index is 13.6. The molecule has 0 unspecified atom stereocenters. The molecule has 0 spiro atoms. The second-order valence-electron chi connectivity index (χ2n) is 6.37.